The third kappa shape index (κ3) is 2.98. The lowest BCUT2D eigenvalue weighted by atomic mass is 9.82. The third-order valence-corrected chi connectivity index (χ3v) is 4.26. The molecular formula is C14H28N2. The molecule has 94 valence electrons. The zero-order valence-corrected chi connectivity index (χ0v) is 11.4. The minimum atomic E-state index is 0.415. The van der Waals surface area contributed by atoms with Gasteiger partial charge in [0.15, 0.2) is 0 Å². The summed E-state index contributed by atoms with van der Waals surface area (Å²) in [6.07, 6.45) is 7.01. The molecule has 2 bridgehead atoms. The Bertz CT molecular complexity index is 217. The van der Waals surface area contributed by atoms with Crippen molar-refractivity contribution in [2.24, 2.45) is 5.41 Å². The molecule has 0 saturated carbocycles. The Kier molecular flexibility index (Phi) is 3.60. The monoisotopic (exact) mass is 224 g/mol. The van der Waals surface area contributed by atoms with E-state index in [-0.39, 0.29) is 0 Å². The second kappa shape index (κ2) is 4.66. The molecule has 0 spiro atoms. The van der Waals surface area contributed by atoms with E-state index in [1.165, 1.54) is 32.1 Å². The maximum absolute atomic E-state index is 3.78. The van der Waals surface area contributed by atoms with Gasteiger partial charge in [0.1, 0.15) is 0 Å². The van der Waals surface area contributed by atoms with E-state index in [9.17, 15) is 0 Å². The molecule has 2 fully saturated rings. The van der Waals surface area contributed by atoms with Crippen LogP contribution in [0.3, 0.4) is 0 Å². The molecule has 2 unspecified atom stereocenters. The summed E-state index contributed by atoms with van der Waals surface area (Å²) in [4.78, 5) is 2.64. The highest BCUT2D eigenvalue weighted by Crippen LogP contribution is 2.32. The van der Waals surface area contributed by atoms with Crippen molar-refractivity contribution in [1.82, 2.24) is 10.2 Å². The van der Waals surface area contributed by atoms with Crippen LogP contribution < -0.4 is 5.32 Å². The molecule has 2 aliphatic rings. The molecule has 1 N–H and O–H groups in total. The van der Waals surface area contributed by atoms with Crippen LogP contribution in [0.1, 0.15) is 52.9 Å². The molecule has 0 aromatic heterocycles. The highest BCUT2D eigenvalue weighted by Gasteiger charge is 2.35. The van der Waals surface area contributed by atoms with Crippen LogP contribution in [0.25, 0.3) is 0 Å². The summed E-state index contributed by atoms with van der Waals surface area (Å²) in [6.45, 7) is 8.10. The number of piperidine rings is 2. The summed E-state index contributed by atoms with van der Waals surface area (Å²) in [5.41, 5.74) is 0.415. The maximum Gasteiger partial charge on any atom is 0.0110 e. The van der Waals surface area contributed by atoms with E-state index in [0.717, 1.165) is 24.7 Å². The summed E-state index contributed by atoms with van der Waals surface area (Å²) in [7, 11) is 2.33. The Morgan fingerprint density at radius 3 is 2.19 bits per heavy atom. The lowest BCUT2D eigenvalue weighted by molar-refractivity contribution is 0.0466. The summed E-state index contributed by atoms with van der Waals surface area (Å²) in [6, 6.07) is 2.47. The van der Waals surface area contributed by atoms with Crippen LogP contribution in [-0.4, -0.2) is 36.6 Å². The van der Waals surface area contributed by atoms with E-state index < -0.39 is 0 Å². The quantitative estimate of drug-likeness (QED) is 0.776. The van der Waals surface area contributed by atoms with Crippen molar-refractivity contribution >= 4 is 0 Å². The predicted octanol–water partition coefficient (Wildman–Crippen LogP) is 2.64. The summed E-state index contributed by atoms with van der Waals surface area (Å²) >= 11 is 0. The SMILES string of the molecule is CN1C2CCCC1CC(NCC(C)(C)C)C2. The molecule has 0 amide bonds. The number of rotatable bonds is 2. The fourth-order valence-electron chi connectivity index (χ4n) is 3.23. The summed E-state index contributed by atoms with van der Waals surface area (Å²) < 4.78 is 0. The second-order valence-electron chi connectivity index (χ2n) is 7.01. The maximum atomic E-state index is 3.78. The topological polar surface area (TPSA) is 15.3 Å². The molecule has 0 aromatic rings. The Morgan fingerprint density at radius 2 is 1.69 bits per heavy atom. The van der Waals surface area contributed by atoms with Gasteiger partial charge in [-0.1, -0.05) is 27.2 Å². The molecule has 2 rings (SSSR count). The first-order chi connectivity index (χ1) is 7.46. The average Bonchev–Trinajstić information content (AvgIpc) is 2.14. The van der Waals surface area contributed by atoms with Crippen molar-refractivity contribution in [3.05, 3.63) is 0 Å². The molecule has 2 heteroatoms. The van der Waals surface area contributed by atoms with Crippen molar-refractivity contribution < 1.29 is 0 Å². The molecule has 0 radical (unpaired) electrons. The Hall–Kier alpha value is -0.0800. The highest BCUT2D eigenvalue weighted by molar-refractivity contribution is 4.93. The van der Waals surface area contributed by atoms with Crippen LogP contribution in [0.4, 0.5) is 0 Å². The fourth-order valence-corrected chi connectivity index (χ4v) is 3.23. The largest absolute Gasteiger partial charge is 0.313 e. The van der Waals surface area contributed by atoms with Crippen LogP contribution in [0.15, 0.2) is 0 Å². The Labute approximate surface area is 101 Å². The van der Waals surface area contributed by atoms with Crippen LogP contribution in [-0.2, 0) is 0 Å². The molecule has 2 atom stereocenters. The van der Waals surface area contributed by atoms with E-state index in [1.807, 2.05) is 0 Å². The average molecular weight is 224 g/mol. The van der Waals surface area contributed by atoms with Gasteiger partial charge in [-0.2, -0.15) is 0 Å². The molecular weight excluding hydrogens is 196 g/mol. The first-order valence-electron chi connectivity index (χ1n) is 6.91. The standard InChI is InChI=1S/C14H28N2/c1-14(2,3)10-15-11-8-12-6-5-7-13(9-11)16(12)4/h11-13,15H,5-10H2,1-4H3. The number of fused-ring (bicyclic) bond motifs is 2. The normalized spacial score (nSPS) is 36.4. The van der Waals surface area contributed by atoms with Crippen LogP contribution in [0.5, 0.6) is 0 Å². The van der Waals surface area contributed by atoms with Crippen LogP contribution in [0, 0.1) is 5.41 Å². The zero-order valence-electron chi connectivity index (χ0n) is 11.4. The van der Waals surface area contributed by atoms with Gasteiger partial charge in [-0.3, -0.25) is 0 Å². The van der Waals surface area contributed by atoms with Gasteiger partial charge in [-0.05, 0) is 38.1 Å². The molecule has 2 heterocycles. The van der Waals surface area contributed by atoms with E-state index in [0.29, 0.717) is 5.41 Å². The Morgan fingerprint density at radius 1 is 1.12 bits per heavy atom. The van der Waals surface area contributed by atoms with Crippen molar-refractivity contribution in [2.45, 2.75) is 71.0 Å². The van der Waals surface area contributed by atoms with Crippen molar-refractivity contribution in [3.63, 3.8) is 0 Å². The van der Waals surface area contributed by atoms with Crippen LogP contribution >= 0.6 is 0 Å². The van der Waals surface area contributed by atoms with E-state index in [2.05, 4.69) is 38.0 Å². The van der Waals surface area contributed by atoms with E-state index in [1.54, 1.807) is 0 Å². The van der Waals surface area contributed by atoms with Gasteiger partial charge >= 0.3 is 0 Å². The number of hydrogen-bond donors (Lipinski definition) is 1. The van der Waals surface area contributed by atoms with Gasteiger partial charge in [0, 0.05) is 24.7 Å². The van der Waals surface area contributed by atoms with E-state index >= 15 is 0 Å². The van der Waals surface area contributed by atoms with Crippen molar-refractivity contribution in [3.8, 4) is 0 Å². The van der Waals surface area contributed by atoms with Gasteiger partial charge in [-0.15, -0.1) is 0 Å². The minimum absolute atomic E-state index is 0.415. The Balaban J connectivity index is 1.85. The van der Waals surface area contributed by atoms with Gasteiger partial charge in [0.25, 0.3) is 0 Å². The van der Waals surface area contributed by atoms with E-state index in [4.69, 9.17) is 0 Å². The van der Waals surface area contributed by atoms with Gasteiger partial charge in [-0.25, -0.2) is 0 Å². The lowest BCUT2D eigenvalue weighted by Gasteiger charge is -2.47. The molecule has 2 nitrogen and oxygen atoms in total. The second-order valence-corrected chi connectivity index (χ2v) is 7.01. The third-order valence-electron chi connectivity index (χ3n) is 4.26. The molecule has 0 aliphatic carbocycles. The number of hydrogen-bond acceptors (Lipinski definition) is 2. The first-order valence-corrected chi connectivity index (χ1v) is 6.91. The molecule has 2 saturated heterocycles. The van der Waals surface area contributed by atoms with Gasteiger partial charge < -0.3 is 10.2 Å². The lowest BCUT2D eigenvalue weighted by Crippen LogP contribution is -2.55. The fraction of sp³-hybridized carbons (Fsp3) is 1.00. The van der Waals surface area contributed by atoms with Crippen LogP contribution in [0.2, 0.25) is 0 Å². The smallest absolute Gasteiger partial charge is 0.0110 e. The first kappa shape index (κ1) is 12.4. The van der Waals surface area contributed by atoms with Crippen molar-refractivity contribution in [2.75, 3.05) is 13.6 Å². The number of nitrogens with one attached hydrogen (secondary N) is 1. The van der Waals surface area contributed by atoms with Gasteiger partial charge in [0.05, 0.1) is 0 Å². The van der Waals surface area contributed by atoms with Gasteiger partial charge in [0.2, 0.25) is 0 Å². The minimum Gasteiger partial charge on any atom is -0.313 e. The molecule has 0 aromatic carbocycles. The predicted molar refractivity (Wildman–Crippen MR) is 69.7 cm³/mol. The van der Waals surface area contributed by atoms with Crippen molar-refractivity contribution in [1.29, 1.82) is 0 Å². The highest BCUT2D eigenvalue weighted by atomic mass is 15.2. The zero-order chi connectivity index (χ0) is 11.8. The number of nitrogens with zero attached hydrogens (tertiary/aromatic N) is 1. The molecule has 16 heavy (non-hydrogen) atoms. The summed E-state index contributed by atoms with van der Waals surface area (Å²) in [5.74, 6) is 0. The molecule has 2 aliphatic heterocycles. The summed E-state index contributed by atoms with van der Waals surface area (Å²) in [5, 5.41) is 3.78.